The SMILES string of the molecule is CCC[C@H]1CC[C@H](CC[C@H]2CC[C@H](c3ccc(-c4ccc(OC(F)(F)C(F)F)c(F)c4)c(F)c3)CC2)CC1. The zero-order chi connectivity index (χ0) is 27.3. The normalized spacial score (nSPS) is 24.5. The van der Waals surface area contributed by atoms with Gasteiger partial charge in [0.1, 0.15) is 5.82 Å². The Labute approximate surface area is 222 Å². The quantitative estimate of drug-likeness (QED) is 0.272. The van der Waals surface area contributed by atoms with Gasteiger partial charge in [0.05, 0.1) is 0 Å². The summed E-state index contributed by atoms with van der Waals surface area (Å²) in [4.78, 5) is 0. The van der Waals surface area contributed by atoms with E-state index in [0.29, 0.717) is 0 Å². The third kappa shape index (κ3) is 7.26. The lowest BCUT2D eigenvalue weighted by Crippen LogP contribution is -2.33. The van der Waals surface area contributed by atoms with E-state index in [2.05, 4.69) is 11.7 Å². The van der Waals surface area contributed by atoms with Crippen LogP contribution in [0.2, 0.25) is 0 Å². The molecule has 7 heteroatoms. The molecule has 0 bridgehead atoms. The summed E-state index contributed by atoms with van der Waals surface area (Å²) in [6.07, 6.45) is 6.26. The number of rotatable bonds is 10. The molecule has 0 aliphatic heterocycles. The summed E-state index contributed by atoms with van der Waals surface area (Å²) in [6, 6.07) is 7.69. The third-order valence-corrected chi connectivity index (χ3v) is 8.70. The number of benzene rings is 2. The van der Waals surface area contributed by atoms with Crippen LogP contribution in [0.15, 0.2) is 36.4 Å². The highest BCUT2D eigenvalue weighted by atomic mass is 19.3. The van der Waals surface area contributed by atoms with E-state index in [1.165, 1.54) is 63.5 Å². The Morgan fingerprint density at radius 2 is 1.34 bits per heavy atom. The van der Waals surface area contributed by atoms with Gasteiger partial charge in [0, 0.05) is 5.56 Å². The van der Waals surface area contributed by atoms with Gasteiger partial charge in [0.25, 0.3) is 0 Å². The second-order valence-corrected chi connectivity index (χ2v) is 11.3. The van der Waals surface area contributed by atoms with Crippen molar-refractivity contribution in [3.8, 4) is 16.9 Å². The van der Waals surface area contributed by atoms with E-state index in [1.807, 2.05) is 6.07 Å². The van der Waals surface area contributed by atoms with Crippen molar-refractivity contribution >= 4 is 0 Å². The van der Waals surface area contributed by atoms with Crippen molar-refractivity contribution in [2.45, 2.75) is 102 Å². The van der Waals surface area contributed by atoms with Crippen molar-refractivity contribution in [3.63, 3.8) is 0 Å². The molecule has 4 rings (SSSR count). The summed E-state index contributed by atoms with van der Waals surface area (Å²) in [7, 11) is 0. The van der Waals surface area contributed by atoms with Crippen molar-refractivity contribution in [2.75, 3.05) is 0 Å². The van der Waals surface area contributed by atoms with Crippen LogP contribution < -0.4 is 4.74 Å². The zero-order valence-corrected chi connectivity index (χ0v) is 22.0. The molecular weight excluding hydrogens is 502 g/mol. The number of alkyl halides is 4. The van der Waals surface area contributed by atoms with Gasteiger partial charge in [0.15, 0.2) is 11.6 Å². The average molecular weight is 541 g/mol. The Bertz CT molecular complexity index is 1040. The molecule has 0 spiro atoms. The molecule has 1 nitrogen and oxygen atoms in total. The summed E-state index contributed by atoms with van der Waals surface area (Å²) in [5.41, 5.74) is 1.14. The second-order valence-electron chi connectivity index (χ2n) is 11.3. The number of ether oxygens (including phenoxy) is 1. The predicted molar refractivity (Wildman–Crippen MR) is 138 cm³/mol. The molecule has 0 heterocycles. The van der Waals surface area contributed by atoms with Gasteiger partial charge < -0.3 is 4.74 Å². The molecule has 0 N–H and O–H groups in total. The van der Waals surface area contributed by atoms with Crippen LogP contribution in [-0.2, 0) is 0 Å². The maximum atomic E-state index is 15.0. The lowest BCUT2D eigenvalue weighted by Gasteiger charge is -2.32. The molecule has 0 aromatic heterocycles. The topological polar surface area (TPSA) is 9.23 Å². The van der Waals surface area contributed by atoms with Gasteiger partial charge >= 0.3 is 12.5 Å². The van der Waals surface area contributed by atoms with Crippen molar-refractivity contribution < 1.29 is 31.1 Å². The fraction of sp³-hybridized carbons (Fsp3) is 0.613. The largest absolute Gasteiger partial charge is 0.461 e. The molecule has 0 saturated heterocycles. The summed E-state index contributed by atoms with van der Waals surface area (Å²) in [5, 5.41) is 0. The van der Waals surface area contributed by atoms with Gasteiger partial charge in [-0.25, -0.2) is 8.78 Å². The van der Waals surface area contributed by atoms with E-state index in [1.54, 1.807) is 6.07 Å². The molecule has 2 saturated carbocycles. The van der Waals surface area contributed by atoms with Crippen molar-refractivity contribution in [3.05, 3.63) is 53.6 Å². The van der Waals surface area contributed by atoms with Crippen LogP contribution in [0.25, 0.3) is 11.1 Å². The van der Waals surface area contributed by atoms with Gasteiger partial charge in [-0.2, -0.15) is 17.6 Å². The first-order chi connectivity index (χ1) is 18.2. The van der Waals surface area contributed by atoms with Gasteiger partial charge in [-0.15, -0.1) is 0 Å². The predicted octanol–water partition coefficient (Wildman–Crippen LogP) is 10.5. The van der Waals surface area contributed by atoms with Crippen LogP contribution >= 0.6 is 0 Å². The Balaban J connectivity index is 1.29. The van der Waals surface area contributed by atoms with E-state index in [-0.39, 0.29) is 17.0 Å². The smallest absolute Gasteiger partial charge is 0.425 e. The highest BCUT2D eigenvalue weighted by molar-refractivity contribution is 5.65. The summed E-state index contributed by atoms with van der Waals surface area (Å²) in [5.74, 6) is 0.0312. The molecule has 0 radical (unpaired) electrons. The zero-order valence-electron chi connectivity index (χ0n) is 22.0. The standard InChI is InChI=1S/C31H38F6O/c1-2-3-20-4-6-21(7-5-20)8-9-22-10-12-23(13-11-22)24-14-16-26(27(32)18-24)25-15-17-29(28(33)19-25)38-31(36,37)30(34)35/h14-23,30H,2-13H2,1H3/t20-,21-,22-,23-. The highest BCUT2D eigenvalue weighted by Crippen LogP contribution is 2.41. The van der Waals surface area contributed by atoms with E-state index >= 15 is 4.39 Å². The van der Waals surface area contributed by atoms with Gasteiger partial charge in [-0.1, -0.05) is 76.5 Å². The second kappa shape index (κ2) is 12.8. The summed E-state index contributed by atoms with van der Waals surface area (Å²) < 4.78 is 84.0. The Morgan fingerprint density at radius 1 is 0.763 bits per heavy atom. The van der Waals surface area contributed by atoms with Crippen molar-refractivity contribution in [1.82, 2.24) is 0 Å². The minimum atomic E-state index is -4.82. The number of hydrogen-bond acceptors (Lipinski definition) is 1. The molecule has 2 fully saturated rings. The Morgan fingerprint density at radius 3 is 1.87 bits per heavy atom. The molecule has 2 aliphatic carbocycles. The minimum absolute atomic E-state index is 0.113. The first kappa shape index (κ1) is 28.8. The molecular formula is C31H38F6O. The lowest BCUT2D eigenvalue weighted by molar-refractivity contribution is -0.254. The van der Waals surface area contributed by atoms with Crippen LogP contribution in [0.4, 0.5) is 26.3 Å². The van der Waals surface area contributed by atoms with Gasteiger partial charge in [-0.05, 0) is 78.7 Å². The maximum absolute atomic E-state index is 15.0. The highest BCUT2D eigenvalue weighted by Gasteiger charge is 2.44. The molecule has 38 heavy (non-hydrogen) atoms. The minimum Gasteiger partial charge on any atom is -0.425 e. The van der Waals surface area contributed by atoms with Crippen LogP contribution in [0.3, 0.4) is 0 Å². The Hall–Kier alpha value is -2.18. The van der Waals surface area contributed by atoms with Crippen molar-refractivity contribution in [2.24, 2.45) is 17.8 Å². The average Bonchev–Trinajstić information content (AvgIpc) is 2.90. The first-order valence-corrected chi connectivity index (χ1v) is 14.1. The van der Waals surface area contributed by atoms with Crippen LogP contribution in [0.1, 0.15) is 95.5 Å². The molecule has 0 amide bonds. The van der Waals surface area contributed by atoms with E-state index in [9.17, 15) is 22.0 Å². The maximum Gasteiger partial charge on any atom is 0.461 e. The van der Waals surface area contributed by atoms with Gasteiger partial charge in [-0.3, -0.25) is 0 Å². The molecule has 2 aliphatic rings. The molecule has 0 unspecified atom stereocenters. The van der Waals surface area contributed by atoms with Crippen LogP contribution in [0.5, 0.6) is 5.75 Å². The third-order valence-electron chi connectivity index (χ3n) is 8.70. The summed E-state index contributed by atoms with van der Waals surface area (Å²) >= 11 is 0. The summed E-state index contributed by atoms with van der Waals surface area (Å²) in [6.45, 7) is 2.28. The molecule has 210 valence electrons. The molecule has 2 aromatic carbocycles. The van der Waals surface area contributed by atoms with Crippen molar-refractivity contribution in [1.29, 1.82) is 0 Å². The monoisotopic (exact) mass is 540 g/mol. The Kier molecular flexibility index (Phi) is 9.69. The molecule has 0 atom stereocenters. The van der Waals surface area contributed by atoms with E-state index in [4.69, 9.17) is 0 Å². The van der Waals surface area contributed by atoms with E-state index < -0.39 is 29.9 Å². The number of hydrogen-bond donors (Lipinski definition) is 0. The lowest BCUT2D eigenvalue weighted by atomic mass is 9.74. The molecule has 2 aromatic rings. The first-order valence-electron chi connectivity index (χ1n) is 14.1. The van der Waals surface area contributed by atoms with Crippen LogP contribution in [0, 0.1) is 29.4 Å². The van der Waals surface area contributed by atoms with Gasteiger partial charge in [0.2, 0.25) is 0 Å². The van der Waals surface area contributed by atoms with Crippen LogP contribution in [-0.4, -0.2) is 12.5 Å². The number of halogens is 6. The fourth-order valence-corrected chi connectivity index (χ4v) is 6.43. The fourth-order valence-electron chi connectivity index (χ4n) is 6.43. The van der Waals surface area contributed by atoms with E-state index in [0.717, 1.165) is 61.1 Å².